The molecule has 3 aromatic rings. The van der Waals surface area contributed by atoms with E-state index in [-0.39, 0.29) is 5.56 Å². The zero-order chi connectivity index (χ0) is 23.2. The van der Waals surface area contributed by atoms with Crippen LogP contribution in [0, 0.1) is 0 Å². The summed E-state index contributed by atoms with van der Waals surface area (Å²) in [5.41, 5.74) is 2.60. The van der Waals surface area contributed by atoms with E-state index >= 15 is 0 Å². The molecule has 1 saturated heterocycles. The number of aromatic carboxylic acids is 1. The van der Waals surface area contributed by atoms with Gasteiger partial charge in [0.1, 0.15) is 29.3 Å². The lowest BCUT2D eigenvalue weighted by molar-refractivity contribution is 0.0687. The summed E-state index contributed by atoms with van der Waals surface area (Å²) in [7, 11) is 1.47. The lowest BCUT2D eigenvalue weighted by Gasteiger charge is -2.31. The third kappa shape index (κ3) is 5.14. The number of benzene rings is 1. The van der Waals surface area contributed by atoms with Gasteiger partial charge in [0.25, 0.3) is 0 Å². The molecular formula is C26H33N3O4. The van der Waals surface area contributed by atoms with Crippen molar-refractivity contribution >= 4 is 17.0 Å². The maximum absolute atomic E-state index is 11.6. The average Bonchev–Trinajstić information content (AvgIpc) is 3.21. The Balaban J connectivity index is 1.35. The summed E-state index contributed by atoms with van der Waals surface area (Å²) in [6.07, 6.45) is 8.74. The summed E-state index contributed by atoms with van der Waals surface area (Å²) in [4.78, 5) is 18.7. The van der Waals surface area contributed by atoms with Gasteiger partial charge in [0.15, 0.2) is 0 Å². The summed E-state index contributed by atoms with van der Waals surface area (Å²) in [5, 5.41) is 10.8. The van der Waals surface area contributed by atoms with E-state index in [4.69, 9.17) is 9.47 Å². The lowest BCUT2D eigenvalue weighted by Crippen LogP contribution is -2.35. The second-order valence-corrected chi connectivity index (χ2v) is 8.61. The molecule has 0 saturated carbocycles. The number of carboxylic acid groups (broad SMARTS) is 1. The number of methoxy groups -OCH3 is 1. The minimum atomic E-state index is -1.05. The van der Waals surface area contributed by atoms with Crippen molar-refractivity contribution < 1.29 is 19.4 Å². The number of ether oxygens (including phenoxy) is 2. The van der Waals surface area contributed by atoms with Gasteiger partial charge in [-0.2, -0.15) is 0 Å². The minimum absolute atomic E-state index is 0.0757. The van der Waals surface area contributed by atoms with Crippen LogP contribution in [0.4, 0.5) is 0 Å². The van der Waals surface area contributed by atoms with Gasteiger partial charge in [0.05, 0.1) is 7.11 Å². The van der Waals surface area contributed by atoms with Crippen LogP contribution >= 0.6 is 0 Å². The average molecular weight is 452 g/mol. The Morgan fingerprint density at radius 2 is 1.94 bits per heavy atom. The number of hydrogen-bond donors (Lipinski definition) is 1. The number of unbranched alkanes of at least 4 members (excludes halogenated alkanes) is 1. The van der Waals surface area contributed by atoms with Gasteiger partial charge in [-0.05, 0) is 68.1 Å². The van der Waals surface area contributed by atoms with Gasteiger partial charge in [-0.25, -0.2) is 9.78 Å². The number of aromatic nitrogens is 2. The summed E-state index contributed by atoms with van der Waals surface area (Å²) in [5.74, 6) is 0.155. The Kier molecular flexibility index (Phi) is 7.50. The summed E-state index contributed by atoms with van der Waals surface area (Å²) in [6.45, 7) is 6.44. The first-order valence-corrected chi connectivity index (χ1v) is 11.8. The molecule has 7 nitrogen and oxygen atoms in total. The number of hydrogen-bond acceptors (Lipinski definition) is 5. The van der Waals surface area contributed by atoms with Crippen molar-refractivity contribution in [3.63, 3.8) is 0 Å². The number of aryl methyl sites for hydroxylation is 1. The monoisotopic (exact) mass is 451 g/mol. The van der Waals surface area contributed by atoms with Gasteiger partial charge < -0.3 is 19.1 Å². The van der Waals surface area contributed by atoms with Gasteiger partial charge in [-0.1, -0.05) is 19.4 Å². The molecule has 1 aliphatic rings. The zero-order valence-corrected chi connectivity index (χ0v) is 19.5. The van der Waals surface area contributed by atoms with Crippen LogP contribution in [0.1, 0.15) is 54.4 Å². The number of carboxylic acids is 1. The summed E-state index contributed by atoms with van der Waals surface area (Å²) < 4.78 is 13.3. The molecule has 7 heteroatoms. The Morgan fingerprint density at radius 1 is 1.15 bits per heavy atom. The smallest absolute Gasteiger partial charge is 0.343 e. The Morgan fingerprint density at radius 3 is 2.67 bits per heavy atom. The van der Waals surface area contributed by atoms with Gasteiger partial charge in [-0.3, -0.25) is 4.90 Å². The van der Waals surface area contributed by atoms with E-state index in [2.05, 4.69) is 33.6 Å². The summed E-state index contributed by atoms with van der Waals surface area (Å²) in [6, 6.07) is 9.30. The van der Waals surface area contributed by atoms with Crippen LogP contribution in [0.25, 0.3) is 11.0 Å². The van der Waals surface area contributed by atoms with Crippen molar-refractivity contribution in [3.8, 4) is 11.5 Å². The SMILES string of the molecule is CCCCn1cc(C2CCN(CCOc3cccc(OC)c3C(=O)O)CC2)c2cccnc21. The molecule has 4 rings (SSSR count). The highest BCUT2D eigenvalue weighted by Crippen LogP contribution is 2.34. The van der Waals surface area contributed by atoms with E-state index in [9.17, 15) is 9.90 Å². The van der Waals surface area contributed by atoms with Gasteiger partial charge in [-0.15, -0.1) is 0 Å². The quantitative estimate of drug-likeness (QED) is 0.477. The number of carbonyl (C=O) groups is 1. The van der Waals surface area contributed by atoms with Crippen LogP contribution in [0.2, 0.25) is 0 Å². The molecular weight excluding hydrogens is 418 g/mol. The van der Waals surface area contributed by atoms with Gasteiger partial charge in [0.2, 0.25) is 0 Å². The predicted octanol–water partition coefficient (Wildman–Crippen LogP) is 4.80. The second kappa shape index (κ2) is 10.7. The predicted molar refractivity (Wildman–Crippen MR) is 129 cm³/mol. The molecule has 0 spiro atoms. The summed E-state index contributed by atoms with van der Waals surface area (Å²) >= 11 is 0. The van der Waals surface area contributed by atoms with E-state index in [1.807, 2.05) is 12.3 Å². The molecule has 1 aromatic carbocycles. The van der Waals surface area contributed by atoms with Gasteiger partial charge in [0, 0.05) is 30.9 Å². The standard InChI is InChI=1S/C26H33N3O4/c1-3-4-13-29-18-21(20-7-6-12-27-25(20)29)19-10-14-28(15-11-19)16-17-33-23-9-5-8-22(32-2)24(23)26(30)31/h5-9,12,18-19H,3-4,10-11,13-17H2,1-2H3,(H,30,31). The van der Waals surface area contributed by atoms with E-state index in [1.54, 1.807) is 18.2 Å². The van der Waals surface area contributed by atoms with Gasteiger partial charge >= 0.3 is 5.97 Å². The molecule has 2 aromatic heterocycles. The highest BCUT2D eigenvalue weighted by atomic mass is 16.5. The fraction of sp³-hybridized carbons (Fsp3) is 0.462. The molecule has 0 atom stereocenters. The number of rotatable bonds is 10. The molecule has 1 N–H and O–H groups in total. The van der Waals surface area contributed by atoms with Crippen molar-refractivity contribution in [2.45, 2.75) is 45.1 Å². The Bertz CT molecular complexity index is 1090. The van der Waals surface area contributed by atoms with Crippen molar-refractivity contribution in [1.29, 1.82) is 0 Å². The van der Waals surface area contributed by atoms with Crippen LogP contribution in [0.15, 0.2) is 42.7 Å². The van der Waals surface area contributed by atoms with Crippen molar-refractivity contribution in [1.82, 2.24) is 14.5 Å². The number of fused-ring (bicyclic) bond motifs is 1. The fourth-order valence-corrected chi connectivity index (χ4v) is 4.74. The zero-order valence-electron chi connectivity index (χ0n) is 19.5. The largest absolute Gasteiger partial charge is 0.496 e. The van der Waals surface area contributed by atoms with Crippen molar-refractivity contribution in [2.75, 3.05) is 33.4 Å². The molecule has 33 heavy (non-hydrogen) atoms. The van der Waals surface area contributed by atoms with Crippen LogP contribution in [-0.2, 0) is 6.54 Å². The molecule has 176 valence electrons. The number of pyridine rings is 1. The van der Waals surface area contributed by atoms with Crippen LogP contribution in [-0.4, -0.2) is 58.9 Å². The highest BCUT2D eigenvalue weighted by molar-refractivity contribution is 5.94. The third-order valence-corrected chi connectivity index (χ3v) is 6.53. The lowest BCUT2D eigenvalue weighted by atomic mass is 9.89. The van der Waals surface area contributed by atoms with Crippen molar-refractivity contribution in [2.24, 2.45) is 0 Å². The number of likely N-dealkylation sites (tertiary alicyclic amines) is 1. The molecule has 1 fully saturated rings. The first-order valence-electron chi connectivity index (χ1n) is 11.8. The van der Waals surface area contributed by atoms with E-state index < -0.39 is 5.97 Å². The van der Waals surface area contributed by atoms with E-state index in [1.165, 1.54) is 24.5 Å². The number of nitrogens with zero attached hydrogens (tertiary/aromatic N) is 3. The first-order chi connectivity index (χ1) is 16.1. The molecule has 0 unspecified atom stereocenters. The van der Waals surface area contributed by atoms with E-state index in [0.717, 1.165) is 51.1 Å². The molecule has 0 bridgehead atoms. The molecule has 3 heterocycles. The van der Waals surface area contributed by atoms with Crippen LogP contribution < -0.4 is 9.47 Å². The maximum Gasteiger partial charge on any atom is 0.343 e. The number of piperidine rings is 1. The Labute approximate surface area is 194 Å². The molecule has 0 amide bonds. The highest BCUT2D eigenvalue weighted by Gasteiger charge is 2.24. The van der Waals surface area contributed by atoms with E-state index in [0.29, 0.717) is 24.0 Å². The molecule has 0 radical (unpaired) electrons. The first kappa shape index (κ1) is 23.1. The normalized spacial score (nSPS) is 15.1. The Hall–Kier alpha value is -3.06. The topological polar surface area (TPSA) is 76.8 Å². The van der Waals surface area contributed by atoms with Crippen LogP contribution in [0.5, 0.6) is 11.5 Å². The van der Waals surface area contributed by atoms with Crippen molar-refractivity contribution in [3.05, 3.63) is 53.9 Å². The minimum Gasteiger partial charge on any atom is -0.496 e. The maximum atomic E-state index is 11.6. The molecule has 0 aliphatic carbocycles. The van der Waals surface area contributed by atoms with Crippen LogP contribution in [0.3, 0.4) is 0 Å². The molecule has 1 aliphatic heterocycles. The fourth-order valence-electron chi connectivity index (χ4n) is 4.74. The third-order valence-electron chi connectivity index (χ3n) is 6.53. The second-order valence-electron chi connectivity index (χ2n) is 8.61.